The standard InChI is InChI=1S/C22H22ClN3O6/c1-28-17-6-12-14(7-18(17)29-2)24-10-25-22(12)26-11-3-4-16(13(23)5-11)32-19-9-31-20-15(27)8-30-21(19)20/h3-7,10,15,19-21,27H,8-9H2,1-2H3,(H,24,25,26)/t15-,19?,20+,21+/m0/s1. The molecule has 3 aromatic rings. The average molecular weight is 460 g/mol. The van der Waals surface area contributed by atoms with Crippen molar-refractivity contribution in [3.05, 3.63) is 41.7 Å². The molecule has 2 saturated heterocycles. The number of ether oxygens (including phenoxy) is 5. The van der Waals surface area contributed by atoms with Crippen LogP contribution in [0, 0.1) is 0 Å². The molecule has 0 saturated carbocycles. The van der Waals surface area contributed by atoms with Gasteiger partial charge in [0.25, 0.3) is 0 Å². The summed E-state index contributed by atoms with van der Waals surface area (Å²) in [7, 11) is 3.16. The number of rotatable bonds is 6. The van der Waals surface area contributed by atoms with E-state index in [0.29, 0.717) is 40.2 Å². The summed E-state index contributed by atoms with van der Waals surface area (Å²) in [5, 5.41) is 14.4. The van der Waals surface area contributed by atoms with E-state index in [9.17, 15) is 5.11 Å². The van der Waals surface area contributed by atoms with Gasteiger partial charge in [-0.05, 0) is 24.3 Å². The van der Waals surface area contributed by atoms with Crippen molar-refractivity contribution in [3.8, 4) is 17.2 Å². The largest absolute Gasteiger partial charge is 0.493 e. The molecule has 9 nitrogen and oxygen atoms in total. The first-order valence-electron chi connectivity index (χ1n) is 10.1. The zero-order chi connectivity index (χ0) is 22.2. The highest BCUT2D eigenvalue weighted by Crippen LogP contribution is 2.37. The lowest BCUT2D eigenvalue weighted by Crippen LogP contribution is -2.34. The minimum atomic E-state index is -0.628. The van der Waals surface area contributed by atoms with Gasteiger partial charge in [0.1, 0.15) is 36.2 Å². The van der Waals surface area contributed by atoms with Crippen LogP contribution in [0.3, 0.4) is 0 Å². The van der Waals surface area contributed by atoms with E-state index in [4.69, 9.17) is 35.3 Å². The Morgan fingerprint density at radius 2 is 1.78 bits per heavy atom. The first-order valence-corrected chi connectivity index (χ1v) is 10.5. The fourth-order valence-electron chi connectivity index (χ4n) is 4.00. The zero-order valence-electron chi connectivity index (χ0n) is 17.4. The number of anilines is 2. The van der Waals surface area contributed by atoms with Crippen molar-refractivity contribution < 1.29 is 28.8 Å². The second-order valence-electron chi connectivity index (χ2n) is 7.54. The summed E-state index contributed by atoms with van der Waals surface area (Å²) in [5.74, 6) is 2.28. The maximum Gasteiger partial charge on any atom is 0.162 e. The number of aliphatic hydroxyl groups excluding tert-OH is 1. The number of nitrogens with one attached hydrogen (secondary N) is 1. The molecular weight excluding hydrogens is 438 g/mol. The van der Waals surface area contributed by atoms with Gasteiger partial charge in [0.15, 0.2) is 17.6 Å². The predicted octanol–water partition coefficient (Wildman–Crippen LogP) is 2.95. The summed E-state index contributed by atoms with van der Waals surface area (Å²) in [6.45, 7) is 0.580. The van der Waals surface area contributed by atoms with Crippen LogP contribution in [0.25, 0.3) is 10.9 Å². The minimum absolute atomic E-state index is 0.245. The lowest BCUT2D eigenvalue weighted by molar-refractivity contribution is 0.00865. The Bertz CT molecular complexity index is 1150. The second-order valence-corrected chi connectivity index (χ2v) is 7.94. The molecule has 32 heavy (non-hydrogen) atoms. The molecule has 0 spiro atoms. The zero-order valence-corrected chi connectivity index (χ0v) is 18.2. The normalized spacial score (nSPS) is 24.4. The van der Waals surface area contributed by atoms with Crippen LogP contribution in [-0.4, -0.2) is 66.9 Å². The molecule has 1 aromatic heterocycles. The summed E-state index contributed by atoms with van der Waals surface area (Å²) in [6.07, 6.45) is -0.152. The van der Waals surface area contributed by atoms with Crippen LogP contribution >= 0.6 is 11.6 Å². The molecule has 0 aliphatic carbocycles. The number of hydrogen-bond donors (Lipinski definition) is 2. The monoisotopic (exact) mass is 459 g/mol. The van der Waals surface area contributed by atoms with Crippen LogP contribution in [0.5, 0.6) is 17.2 Å². The number of halogens is 1. The van der Waals surface area contributed by atoms with E-state index in [-0.39, 0.29) is 24.9 Å². The highest BCUT2D eigenvalue weighted by atomic mass is 35.5. The summed E-state index contributed by atoms with van der Waals surface area (Å²) < 4.78 is 28.0. The van der Waals surface area contributed by atoms with Crippen LogP contribution in [-0.2, 0) is 9.47 Å². The molecule has 2 N–H and O–H groups in total. The van der Waals surface area contributed by atoms with Crippen LogP contribution in [0.4, 0.5) is 11.5 Å². The van der Waals surface area contributed by atoms with E-state index >= 15 is 0 Å². The van der Waals surface area contributed by atoms with Crippen molar-refractivity contribution in [1.82, 2.24) is 9.97 Å². The topological polar surface area (TPSA) is 104 Å². The van der Waals surface area contributed by atoms with Gasteiger partial charge >= 0.3 is 0 Å². The van der Waals surface area contributed by atoms with Crippen LogP contribution < -0.4 is 19.5 Å². The third-order valence-electron chi connectivity index (χ3n) is 5.60. The maximum absolute atomic E-state index is 9.89. The van der Waals surface area contributed by atoms with E-state index in [1.54, 1.807) is 32.4 Å². The van der Waals surface area contributed by atoms with Crippen molar-refractivity contribution in [2.45, 2.75) is 24.4 Å². The number of benzene rings is 2. The third-order valence-corrected chi connectivity index (χ3v) is 5.89. The average Bonchev–Trinajstić information content (AvgIpc) is 3.37. The Hall–Kier alpha value is -2.85. The van der Waals surface area contributed by atoms with E-state index < -0.39 is 6.10 Å². The van der Waals surface area contributed by atoms with Gasteiger partial charge in [-0.2, -0.15) is 0 Å². The summed E-state index contributed by atoms with van der Waals surface area (Å²) >= 11 is 6.49. The number of hydrogen-bond acceptors (Lipinski definition) is 9. The second kappa shape index (κ2) is 8.59. The molecule has 1 unspecified atom stereocenters. The molecule has 3 heterocycles. The van der Waals surface area contributed by atoms with E-state index in [0.717, 1.165) is 11.1 Å². The molecule has 0 radical (unpaired) electrons. The molecule has 2 aliphatic rings. The van der Waals surface area contributed by atoms with Gasteiger partial charge in [-0.15, -0.1) is 0 Å². The quantitative estimate of drug-likeness (QED) is 0.575. The van der Waals surface area contributed by atoms with Gasteiger partial charge in [-0.1, -0.05) is 11.6 Å². The van der Waals surface area contributed by atoms with Crippen LogP contribution in [0.2, 0.25) is 5.02 Å². The Kier molecular flexibility index (Phi) is 5.64. The fraction of sp³-hybridized carbons (Fsp3) is 0.364. The number of aliphatic hydroxyl groups is 1. The first-order chi connectivity index (χ1) is 15.6. The lowest BCUT2D eigenvalue weighted by Gasteiger charge is -2.19. The molecule has 2 aromatic carbocycles. The van der Waals surface area contributed by atoms with Gasteiger partial charge in [-0.25, -0.2) is 9.97 Å². The summed E-state index contributed by atoms with van der Waals surface area (Å²) in [5.41, 5.74) is 1.44. The van der Waals surface area contributed by atoms with Crippen LogP contribution in [0.15, 0.2) is 36.7 Å². The molecular formula is C22H22ClN3O6. The van der Waals surface area contributed by atoms with Crippen molar-refractivity contribution in [2.24, 2.45) is 0 Å². The Balaban J connectivity index is 1.36. The Morgan fingerprint density at radius 3 is 2.56 bits per heavy atom. The maximum atomic E-state index is 9.89. The van der Waals surface area contributed by atoms with Gasteiger partial charge in [0.05, 0.1) is 38.0 Å². The lowest BCUT2D eigenvalue weighted by atomic mass is 10.1. The predicted molar refractivity (Wildman–Crippen MR) is 117 cm³/mol. The van der Waals surface area contributed by atoms with Crippen molar-refractivity contribution >= 4 is 34.0 Å². The molecule has 10 heteroatoms. The molecule has 4 atom stereocenters. The van der Waals surface area contributed by atoms with Crippen molar-refractivity contribution in [1.29, 1.82) is 0 Å². The number of fused-ring (bicyclic) bond motifs is 2. The van der Waals surface area contributed by atoms with Crippen LogP contribution in [0.1, 0.15) is 0 Å². The summed E-state index contributed by atoms with van der Waals surface area (Å²) in [6, 6.07) is 8.99. The number of methoxy groups -OCH3 is 2. The summed E-state index contributed by atoms with van der Waals surface area (Å²) in [4.78, 5) is 8.68. The van der Waals surface area contributed by atoms with Crippen molar-refractivity contribution in [2.75, 3.05) is 32.8 Å². The van der Waals surface area contributed by atoms with Gasteiger partial charge in [-0.3, -0.25) is 0 Å². The first kappa shape index (κ1) is 21.0. The molecule has 0 bridgehead atoms. The van der Waals surface area contributed by atoms with Crippen molar-refractivity contribution in [3.63, 3.8) is 0 Å². The van der Waals surface area contributed by atoms with E-state index in [1.165, 1.54) is 6.33 Å². The Morgan fingerprint density at radius 1 is 1.00 bits per heavy atom. The van der Waals surface area contributed by atoms with Gasteiger partial charge in [0, 0.05) is 17.1 Å². The SMILES string of the molecule is COc1cc2ncnc(Nc3ccc(OC4CO[C@H]5[C@@H]4OC[C@@H]5O)c(Cl)c3)c2cc1OC. The molecule has 2 fully saturated rings. The van der Waals surface area contributed by atoms with E-state index in [1.807, 2.05) is 12.1 Å². The minimum Gasteiger partial charge on any atom is -0.493 e. The molecule has 5 rings (SSSR count). The third kappa shape index (κ3) is 3.77. The molecule has 0 amide bonds. The Labute approximate surface area is 189 Å². The number of aromatic nitrogens is 2. The smallest absolute Gasteiger partial charge is 0.162 e. The molecule has 2 aliphatic heterocycles. The molecule has 168 valence electrons. The fourth-order valence-corrected chi connectivity index (χ4v) is 4.23. The van der Waals surface area contributed by atoms with E-state index in [2.05, 4.69) is 15.3 Å². The highest BCUT2D eigenvalue weighted by molar-refractivity contribution is 6.32. The highest BCUT2D eigenvalue weighted by Gasteiger charge is 2.48. The van der Waals surface area contributed by atoms with Gasteiger partial charge in [0.2, 0.25) is 0 Å². The van der Waals surface area contributed by atoms with Gasteiger partial charge < -0.3 is 34.1 Å². The number of nitrogens with zero attached hydrogens (tertiary/aromatic N) is 2.